The number of aromatic nitrogens is 5. The Bertz CT molecular complexity index is 896. The van der Waals surface area contributed by atoms with Gasteiger partial charge in [0.1, 0.15) is 0 Å². The Labute approximate surface area is 162 Å². The van der Waals surface area contributed by atoms with Gasteiger partial charge in [0.2, 0.25) is 11.9 Å². The molecule has 3 aromatic rings. The summed E-state index contributed by atoms with van der Waals surface area (Å²) in [4.78, 5) is 37.6. The van der Waals surface area contributed by atoms with Gasteiger partial charge in [0.05, 0.1) is 5.56 Å². The lowest BCUT2D eigenvalue weighted by Crippen LogP contribution is -2.49. The zero-order chi connectivity index (χ0) is 19.2. The van der Waals surface area contributed by atoms with Gasteiger partial charge in [0.25, 0.3) is 5.91 Å². The van der Waals surface area contributed by atoms with Crippen LogP contribution in [0.2, 0.25) is 0 Å². The van der Waals surface area contributed by atoms with Gasteiger partial charge >= 0.3 is 0 Å². The van der Waals surface area contributed by atoms with Gasteiger partial charge in [-0.15, -0.1) is 0 Å². The van der Waals surface area contributed by atoms with Crippen LogP contribution in [0.25, 0.3) is 0 Å². The van der Waals surface area contributed by atoms with Gasteiger partial charge in [-0.25, -0.2) is 19.9 Å². The molecule has 0 aromatic carbocycles. The molecular weight excluding hydrogens is 356 g/mol. The number of hydrogen-bond donors (Lipinski definition) is 1. The summed E-state index contributed by atoms with van der Waals surface area (Å²) in [5, 5.41) is 3.14. The number of anilines is 2. The maximum atomic E-state index is 12.7. The summed E-state index contributed by atoms with van der Waals surface area (Å²) in [6.07, 6.45) is 10.1. The van der Waals surface area contributed by atoms with Crippen LogP contribution in [0.5, 0.6) is 0 Å². The van der Waals surface area contributed by atoms with E-state index in [0.29, 0.717) is 50.2 Å². The van der Waals surface area contributed by atoms with Crippen molar-refractivity contribution in [1.82, 2.24) is 29.8 Å². The van der Waals surface area contributed by atoms with Crippen molar-refractivity contribution in [3.8, 4) is 0 Å². The topological polar surface area (TPSA) is 100 Å². The molecule has 1 N–H and O–H groups in total. The van der Waals surface area contributed by atoms with Crippen molar-refractivity contribution in [3.05, 3.63) is 66.5 Å². The van der Waals surface area contributed by atoms with E-state index in [1.807, 2.05) is 17.0 Å². The van der Waals surface area contributed by atoms with Crippen LogP contribution in [-0.2, 0) is 6.54 Å². The zero-order valence-electron chi connectivity index (χ0n) is 15.3. The molecule has 1 aliphatic heterocycles. The summed E-state index contributed by atoms with van der Waals surface area (Å²) in [6, 6.07) is 5.63. The van der Waals surface area contributed by atoms with Crippen LogP contribution < -0.4 is 10.2 Å². The number of piperazine rings is 1. The fraction of sp³-hybridized carbons (Fsp3) is 0.263. The number of nitrogens with one attached hydrogen (secondary N) is 1. The second kappa shape index (κ2) is 8.38. The molecule has 4 heterocycles. The molecule has 0 bridgehead atoms. The normalized spacial score (nSPS) is 14.0. The van der Waals surface area contributed by atoms with Crippen molar-refractivity contribution in [3.63, 3.8) is 0 Å². The summed E-state index contributed by atoms with van der Waals surface area (Å²) < 4.78 is 0. The highest BCUT2D eigenvalue weighted by atomic mass is 16.2. The van der Waals surface area contributed by atoms with E-state index in [-0.39, 0.29) is 5.91 Å². The minimum Gasteiger partial charge on any atom is -0.350 e. The summed E-state index contributed by atoms with van der Waals surface area (Å²) in [5.41, 5.74) is 1.57. The smallest absolute Gasteiger partial charge is 0.257 e. The average Bonchev–Trinajstić information content (AvgIpc) is 2.79. The fourth-order valence-corrected chi connectivity index (χ4v) is 2.96. The van der Waals surface area contributed by atoms with Gasteiger partial charge in [-0.05, 0) is 23.8 Å². The molecular formula is C19H20N8O. The van der Waals surface area contributed by atoms with E-state index < -0.39 is 0 Å². The lowest BCUT2D eigenvalue weighted by molar-refractivity contribution is 0.0745. The molecule has 9 heteroatoms. The molecule has 1 aliphatic rings. The predicted molar refractivity (Wildman–Crippen MR) is 104 cm³/mol. The minimum atomic E-state index is -0.0608. The fourth-order valence-electron chi connectivity index (χ4n) is 2.96. The Morgan fingerprint density at radius 1 is 0.929 bits per heavy atom. The van der Waals surface area contributed by atoms with E-state index in [0.717, 1.165) is 5.56 Å². The van der Waals surface area contributed by atoms with E-state index in [2.05, 4.69) is 35.1 Å². The number of hydrogen-bond acceptors (Lipinski definition) is 8. The van der Waals surface area contributed by atoms with E-state index in [9.17, 15) is 4.79 Å². The molecule has 142 valence electrons. The lowest BCUT2D eigenvalue weighted by Gasteiger charge is -2.34. The largest absolute Gasteiger partial charge is 0.350 e. The number of nitrogens with zero attached hydrogens (tertiary/aromatic N) is 7. The Balaban J connectivity index is 1.31. The van der Waals surface area contributed by atoms with E-state index in [1.165, 1.54) is 0 Å². The summed E-state index contributed by atoms with van der Waals surface area (Å²) in [6.45, 7) is 3.21. The quantitative estimate of drug-likeness (QED) is 0.710. The SMILES string of the molecule is O=C(c1cnc(NCc2ccncc2)nc1)N1CCN(c2ncccn2)CC1. The maximum absolute atomic E-state index is 12.7. The first-order chi connectivity index (χ1) is 13.8. The van der Waals surface area contributed by atoms with Crippen LogP contribution in [0.1, 0.15) is 15.9 Å². The molecule has 1 saturated heterocycles. The van der Waals surface area contributed by atoms with Crippen LogP contribution in [0, 0.1) is 0 Å². The monoisotopic (exact) mass is 376 g/mol. The van der Waals surface area contributed by atoms with E-state index in [1.54, 1.807) is 43.2 Å². The molecule has 0 spiro atoms. The molecule has 9 nitrogen and oxygen atoms in total. The molecule has 3 aromatic heterocycles. The van der Waals surface area contributed by atoms with Crippen molar-refractivity contribution in [2.24, 2.45) is 0 Å². The third-order valence-electron chi connectivity index (χ3n) is 4.50. The van der Waals surface area contributed by atoms with E-state index >= 15 is 0 Å². The first-order valence-electron chi connectivity index (χ1n) is 9.06. The standard InChI is InChI=1S/C19H20N8O/c28-17(26-8-10-27(11-9-26)19-21-4-1-5-22-19)16-13-24-18(25-14-16)23-12-15-2-6-20-7-3-15/h1-7,13-14H,8-12H2,(H,23,24,25). The van der Waals surface area contributed by atoms with Gasteiger partial charge in [0, 0.05) is 69.9 Å². The van der Waals surface area contributed by atoms with Crippen molar-refractivity contribution in [2.45, 2.75) is 6.54 Å². The van der Waals surface area contributed by atoms with Crippen molar-refractivity contribution >= 4 is 17.8 Å². The molecule has 28 heavy (non-hydrogen) atoms. The van der Waals surface area contributed by atoms with Crippen molar-refractivity contribution in [2.75, 3.05) is 36.4 Å². The first-order valence-corrected chi connectivity index (χ1v) is 9.06. The third kappa shape index (κ3) is 4.20. The highest BCUT2D eigenvalue weighted by molar-refractivity contribution is 5.93. The first kappa shape index (κ1) is 17.8. The number of rotatable bonds is 5. The molecule has 0 radical (unpaired) electrons. The summed E-state index contributed by atoms with van der Waals surface area (Å²) in [7, 11) is 0. The van der Waals surface area contributed by atoms with Gasteiger partial charge in [-0.3, -0.25) is 9.78 Å². The second-order valence-corrected chi connectivity index (χ2v) is 6.33. The maximum Gasteiger partial charge on any atom is 0.257 e. The van der Waals surface area contributed by atoms with Crippen LogP contribution in [0.4, 0.5) is 11.9 Å². The van der Waals surface area contributed by atoms with Crippen LogP contribution in [0.3, 0.4) is 0 Å². The van der Waals surface area contributed by atoms with Crippen molar-refractivity contribution in [1.29, 1.82) is 0 Å². The average molecular weight is 376 g/mol. The van der Waals surface area contributed by atoms with Crippen LogP contribution in [-0.4, -0.2) is 61.9 Å². The van der Waals surface area contributed by atoms with Gasteiger partial charge in [-0.2, -0.15) is 0 Å². The van der Waals surface area contributed by atoms with Gasteiger partial charge < -0.3 is 15.1 Å². The number of carbonyl (C=O) groups is 1. The zero-order valence-corrected chi connectivity index (χ0v) is 15.3. The highest BCUT2D eigenvalue weighted by Gasteiger charge is 2.23. The van der Waals surface area contributed by atoms with E-state index in [4.69, 9.17) is 0 Å². The van der Waals surface area contributed by atoms with Gasteiger partial charge in [-0.1, -0.05) is 0 Å². The molecule has 0 atom stereocenters. The lowest BCUT2D eigenvalue weighted by atomic mass is 10.2. The molecule has 4 rings (SSSR count). The summed E-state index contributed by atoms with van der Waals surface area (Å²) in [5.74, 6) is 1.12. The Kier molecular flexibility index (Phi) is 5.32. The predicted octanol–water partition coefficient (Wildman–Crippen LogP) is 1.24. The number of amides is 1. The molecule has 1 amide bonds. The third-order valence-corrected chi connectivity index (χ3v) is 4.50. The number of pyridine rings is 1. The Hall–Kier alpha value is -3.62. The molecule has 0 saturated carbocycles. The summed E-state index contributed by atoms with van der Waals surface area (Å²) >= 11 is 0. The van der Waals surface area contributed by atoms with Gasteiger partial charge in [0.15, 0.2) is 0 Å². The molecule has 1 fully saturated rings. The Morgan fingerprint density at radius 3 is 2.29 bits per heavy atom. The number of carbonyl (C=O) groups excluding carboxylic acids is 1. The van der Waals surface area contributed by atoms with Crippen LogP contribution >= 0.6 is 0 Å². The van der Waals surface area contributed by atoms with Crippen LogP contribution in [0.15, 0.2) is 55.4 Å². The second-order valence-electron chi connectivity index (χ2n) is 6.33. The van der Waals surface area contributed by atoms with Crippen molar-refractivity contribution < 1.29 is 4.79 Å². The molecule has 0 unspecified atom stereocenters. The Morgan fingerprint density at radius 2 is 1.61 bits per heavy atom. The highest BCUT2D eigenvalue weighted by Crippen LogP contribution is 2.12. The molecule has 0 aliphatic carbocycles. The minimum absolute atomic E-state index is 0.0608.